The Hall–Kier alpha value is -1.10. The molecular weight excluding hydrogens is 244 g/mol. The maximum atomic E-state index is 11.9. The first kappa shape index (κ1) is 14.3. The predicted molar refractivity (Wildman–Crippen MR) is 71.7 cm³/mol. The van der Waals surface area contributed by atoms with E-state index in [1.165, 1.54) is 25.7 Å². The van der Waals surface area contributed by atoms with Gasteiger partial charge in [0.25, 0.3) is 0 Å². The van der Waals surface area contributed by atoms with Crippen molar-refractivity contribution in [3.63, 3.8) is 0 Å². The van der Waals surface area contributed by atoms with Gasteiger partial charge in [-0.05, 0) is 43.9 Å². The Morgan fingerprint density at radius 1 is 1.21 bits per heavy atom. The van der Waals surface area contributed by atoms with E-state index in [0.717, 1.165) is 6.42 Å². The van der Waals surface area contributed by atoms with Crippen LogP contribution in [0.5, 0.6) is 0 Å². The van der Waals surface area contributed by atoms with Gasteiger partial charge in [-0.25, -0.2) is 0 Å². The van der Waals surface area contributed by atoms with Gasteiger partial charge in [0.1, 0.15) is 6.04 Å². The fraction of sp³-hybridized carbons (Fsp3) is 0.857. The molecule has 3 N–H and O–H groups in total. The van der Waals surface area contributed by atoms with Crippen molar-refractivity contribution >= 4 is 11.9 Å². The lowest BCUT2D eigenvalue weighted by Gasteiger charge is -2.19. The summed E-state index contributed by atoms with van der Waals surface area (Å²) in [5.74, 6) is 0.395. The Bertz CT molecular complexity index is 326. The third-order valence-corrected chi connectivity index (χ3v) is 3.97. The Labute approximate surface area is 114 Å². The molecule has 1 unspecified atom stereocenters. The van der Waals surface area contributed by atoms with Crippen molar-refractivity contribution in [3.8, 4) is 0 Å². The Morgan fingerprint density at radius 2 is 1.79 bits per heavy atom. The lowest BCUT2D eigenvalue weighted by Crippen LogP contribution is -2.46. The van der Waals surface area contributed by atoms with Gasteiger partial charge in [-0.3, -0.25) is 14.9 Å². The molecule has 0 spiro atoms. The molecule has 108 valence electrons. The van der Waals surface area contributed by atoms with Crippen LogP contribution in [0.15, 0.2) is 0 Å². The highest BCUT2D eigenvalue weighted by Crippen LogP contribution is 2.44. The molecule has 19 heavy (non-hydrogen) atoms. The highest BCUT2D eigenvalue weighted by Gasteiger charge is 2.42. The molecule has 2 aliphatic rings. The molecule has 0 saturated heterocycles. The number of carbonyl (C=O) groups excluding carboxylic acids is 1. The normalized spacial score (nSPS) is 20.3. The number of carbonyl (C=O) groups is 2. The van der Waals surface area contributed by atoms with Crippen LogP contribution in [0, 0.1) is 11.8 Å². The SMILES string of the molecule is CCCC(NCC(=O)NC(C1CC1)C1CC1)C(=O)O. The van der Waals surface area contributed by atoms with E-state index in [0.29, 0.717) is 24.3 Å². The standard InChI is InChI=1S/C14H24N2O3/c1-2-3-11(14(18)19)15-8-12(17)16-13(9-4-5-9)10-6-7-10/h9-11,13,15H,2-8H2,1H3,(H,16,17)(H,18,19). The van der Waals surface area contributed by atoms with Crippen molar-refractivity contribution in [2.24, 2.45) is 11.8 Å². The maximum absolute atomic E-state index is 11.9. The van der Waals surface area contributed by atoms with Gasteiger partial charge in [-0.2, -0.15) is 0 Å². The summed E-state index contributed by atoms with van der Waals surface area (Å²) in [5.41, 5.74) is 0. The zero-order valence-corrected chi connectivity index (χ0v) is 11.5. The number of rotatable bonds is 9. The summed E-state index contributed by atoms with van der Waals surface area (Å²) in [6.45, 7) is 2.04. The van der Waals surface area contributed by atoms with Gasteiger partial charge in [-0.15, -0.1) is 0 Å². The predicted octanol–water partition coefficient (Wildman–Crippen LogP) is 1.13. The third kappa shape index (κ3) is 4.49. The van der Waals surface area contributed by atoms with Crippen molar-refractivity contribution in [1.29, 1.82) is 0 Å². The largest absolute Gasteiger partial charge is 0.480 e. The minimum atomic E-state index is -0.879. The highest BCUT2D eigenvalue weighted by molar-refractivity contribution is 5.80. The van der Waals surface area contributed by atoms with Crippen LogP contribution in [0.1, 0.15) is 45.4 Å². The quantitative estimate of drug-likeness (QED) is 0.586. The summed E-state index contributed by atoms with van der Waals surface area (Å²) in [5, 5.41) is 14.9. The minimum Gasteiger partial charge on any atom is -0.480 e. The number of carboxylic acids is 1. The molecule has 2 aliphatic carbocycles. The van der Waals surface area contributed by atoms with E-state index in [9.17, 15) is 9.59 Å². The molecule has 0 aromatic carbocycles. The van der Waals surface area contributed by atoms with Crippen LogP contribution < -0.4 is 10.6 Å². The number of amides is 1. The van der Waals surface area contributed by atoms with E-state index < -0.39 is 12.0 Å². The number of nitrogens with one attached hydrogen (secondary N) is 2. The van der Waals surface area contributed by atoms with Gasteiger partial charge in [0, 0.05) is 6.04 Å². The van der Waals surface area contributed by atoms with Crippen molar-refractivity contribution < 1.29 is 14.7 Å². The summed E-state index contributed by atoms with van der Waals surface area (Å²) >= 11 is 0. The molecule has 5 heteroatoms. The van der Waals surface area contributed by atoms with Gasteiger partial charge in [0.05, 0.1) is 6.54 Å². The second-order valence-electron chi connectivity index (χ2n) is 5.83. The molecule has 2 saturated carbocycles. The van der Waals surface area contributed by atoms with Gasteiger partial charge in [0.15, 0.2) is 0 Å². The maximum Gasteiger partial charge on any atom is 0.320 e. The van der Waals surface area contributed by atoms with Crippen LogP contribution in [0.2, 0.25) is 0 Å². The molecule has 0 aliphatic heterocycles. The molecule has 2 rings (SSSR count). The summed E-state index contributed by atoms with van der Waals surface area (Å²) < 4.78 is 0. The molecule has 0 bridgehead atoms. The smallest absolute Gasteiger partial charge is 0.320 e. The number of hydrogen-bond acceptors (Lipinski definition) is 3. The molecule has 0 aromatic rings. The Morgan fingerprint density at radius 3 is 2.21 bits per heavy atom. The number of aliphatic carboxylic acids is 1. The molecule has 0 radical (unpaired) electrons. The van der Waals surface area contributed by atoms with Crippen molar-refractivity contribution in [2.75, 3.05) is 6.54 Å². The highest BCUT2D eigenvalue weighted by atomic mass is 16.4. The first-order chi connectivity index (χ1) is 9.11. The minimum absolute atomic E-state index is 0.0637. The number of carboxylic acid groups (broad SMARTS) is 1. The molecule has 1 atom stereocenters. The zero-order valence-electron chi connectivity index (χ0n) is 11.5. The molecule has 2 fully saturated rings. The van der Waals surface area contributed by atoms with Crippen LogP contribution in [0.4, 0.5) is 0 Å². The third-order valence-electron chi connectivity index (χ3n) is 3.97. The summed E-state index contributed by atoms with van der Waals surface area (Å²) in [6, 6.07) is -0.278. The van der Waals surface area contributed by atoms with Gasteiger partial charge in [0.2, 0.25) is 5.91 Å². The zero-order chi connectivity index (χ0) is 13.8. The Balaban J connectivity index is 1.72. The summed E-state index contributed by atoms with van der Waals surface area (Å²) in [6.07, 6.45) is 6.24. The second kappa shape index (κ2) is 6.37. The van der Waals surface area contributed by atoms with E-state index in [-0.39, 0.29) is 12.5 Å². The second-order valence-corrected chi connectivity index (χ2v) is 5.83. The van der Waals surface area contributed by atoms with Crippen LogP contribution in [-0.4, -0.2) is 35.6 Å². The van der Waals surface area contributed by atoms with E-state index in [1.807, 2.05) is 6.92 Å². The lowest BCUT2D eigenvalue weighted by molar-refractivity contribution is -0.139. The topological polar surface area (TPSA) is 78.4 Å². The van der Waals surface area contributed by atoms with Crippen molar-refractivity contribution in [2.45, 2.75) is 57.5 Å². The molecule has 5 nitrogen and oxygen atoms in total. The Kier molecular flexibility index (Phi) is 4.80. The van der Waals surface area contributed by atoms with E-state index in [4.69, 9.17) is 5.11 Å². The van der Waals surface area contributed by atoms with Gasteiger partial charge in [-0.1, -0.05) is 13.3 Å². The number of hydrogen-bond donors (Lipinski definition) is 3. The first-order valence-corrected chi connectivity index (χ1v) is 7.37. The summed E-state index contributed by atoms with van der Waals surface area (Å²) in [7, 11) is 0. The van der Waals surface area contributed by atoms with Crippen molar-refractivity contribution in [3.05, 3.63) is 0 Å². The van der Waals surface area contributed by atoms with Crippen LogP contribution >= 0.6 is 0 Å². The van der Waals surface area contributed by atoms with E-state index in [1.54, 1.807) is 0 Å². The fourth-order valence-corrected chi connectivity index (χ4v) is 2.59. The van der Waals surface area contributed by atoms with Crippen LogP contribution in [-0.2, 0) is 9.59 Å². The van der Waals surface area contributed by atoms with Gasteiger partial charge < -0.3 is 10.4 Å². The van der Waals surface area contributed by atoms with E-state index in [2.05, 4.69) is 10.6 Å². The lowest BCUT2D eigenvalue weighted by atomic mass is 10.1. The first-order valence-electron chi connectivity index (χ1n) is 7.37. The summed E-state index contributed by atoms with van der Waals surface area (Å²) in [4.78, 5) is 22.8. The average molecular weight is 268 g/mol. The van der Waals surface area contributed by atoms with E-state index >= 15 is 0 Å². The molecule has 1 amide bonds. The molecule has 0 heterocycles. The van der Waals surface area contributed by atoms with Crippen LogP contribution in [0.3, 0.4) is 0 Å². The average Bonchev–Trinajstić information content (AvgIpc) is 3.24. The molecular formula is C14H24N2O3. The monoisotopic (exact) mass is 268 g/mol. The van der Waals surface area contributed by atoms with Crippen LogP contribution in [0.25, 0.3) is 0 Å². The fourth-order valence-electron chi connectivity index (χ4n) is 2.59. The van der Waals surface area contributed by atoms with Crippen molar-refractivity contribution in [1.82, 2.24) is 10.6 Å². The van der Waals surface area contributed by atoms with Gasteiger partial charge >= 0.3 is 5.97 Å². The molecule has 0 aromatic heterocycles.